The quantitative estimate of drug-likeness (QED) is 0.517. The number of anilines is 1. The van der Waals surface area contributed by atoms with Gasteiger partial charge in [-0.3, -0.25) is 19.3 Å². The number of fused-ring (bicyclic) bond motifs is 1. The van der Waals surface area contributed by atoms with Crippen molar-refractivity contribution < 1.29 is 9.66 Å². The summed E-state index contributed by atoms with van der Waals surface area (Å²) >= 11 is 0. The number of nitrogens with zero attached hydrogens (tertiary/aromatic N) is 3. The van der Waals surface area contributed by atoms with Gasteiger partial charge in [-0.1, -0.05) is 30.3 Å². The summed E-state index contributed by atoms with van der Waals surface area (Å²) in [6.07, 6.45) is 1.46. The van der Waals surface area contributed by atoms with Crippen LogP contribution in [-0.4, -0.2) is 20.9 Å². The van der Waals surface area contributed by atoms with Gasteiger partial charge >= 0.3 is 11.2 Å². The van der Waals surface area contributed by atoms with Crippen LogP contribution < -0.4 is 10.9 Å². The van der Waals surface area contributed by atoms with Gasteiger partial charge in [-0.15, -0.1) is 0 Å². The van der Waals surface area contributed by atoms with Gasteiger partial charge in [0.2, 0.25) is 5.82 Å². The molecule has 2 aromatic heterocycles. The van der Waals surface area contributed by atoms with E-state index in [4.69, 9.17) is 4.74 Å². The van der Waals surface area contributed by atoms with Crippen LogP contribution in [-0.2, 0) is 17.9 Å². The van der Waals surface area contributed by atoms with Gasteiger partial charge in [-0.2, -0.15) is 0 Å². The second kappa shape index (κ2) is 7.75. The molecule has 8 heteroatoms. The van der Waals surface area contributed by atoms with Crippen molar-refractivity contribution in [3.63, 3.8) is 0 Å². The fourth-order valence-corrected chi connectivity index (χ4v) is 2.53. The van der Waals surface area contributed by atoms with Crippen molar-refractivity contribution in [1.82, 2.24) is 9.38 Å². The van der Waals surface area contributed by atoms with Gasteiger partial charge in [0, 0.05) is 19.3 Å². The van der Waals surface area contributed by atoms with E-state index >= 15 is 0 Å². The summed E-state index contributed by atoms with van der Waals surface area (Å²) in [4.78, 5) is 27.2. The van der Waals surface area contributed by atoms with Gasteiger partial charge in [-0.25, -0.2) is 4.98 Å². The minimum absolute atomic E-state index is 0.0374. The SMILES string of the molecule is CCOCc1ccc(CNc2nc3ccccn3c(=O)c2[N+](=O)[O-])cc1. The first kappa shape index (κ1) is 17.6. The third kappa shape index (κ3) is 3.70. The molecule has 0 aliphatic carbocycles. The van der Waals surface area contributed by atoms with E-state index in [1.165, 1.54) is 6.20 Å². The van der Waals surface area contributed by atoms with Gasteiger partial charge in [0.15, 0.2) is 0 Å². The highest BCUT2D eigenvalue weighted by molar-refractivity contribution is 5.59. The number of hydrogen-bond acceptors (Lipinski definition) is 6. The molecule has 3 rings (SSSR count). The van der Waals surface area contributed by atoms with Crippen molar-refractivity contribution in [2.24, 2.45) is 0 Å². The van der Waals surface area contributed by atoms with Gasteiger partial charge in [0.05, 0.1) is 11.5 Å². The molecule has 0 saturated heterocycles. The largest absolute Gasteiger partial charge is 0.377 e. The highest BCUT2D eigenvalue weighted by Gasteiger charge is 2.23. The Balaban J connectivity index is 1.85. The molecule has 2 heterocycles. The fraction of sp³-hybridized carbons (Fsp3) is 0.222. The zero-order chi connectivity index (χ0) is 18.5. The van der Waals surface area contributed by atoms with E-state index in [0.29, 0.717) is 25.4 Å². The Bertz CT molecular complexity index is 983. The average Bonchev–Trinajstić information content (AvgIpc) is 2.65. The topological polar surface area (TPSA) is 98.8 Å². The second-order valence-corrected chi connectivity index (χ2v) is 5.61. The lowest BCUT2D eigenvalue weighted by atomic mass is 10.1. The van der Waals surface area contributed by atoms with Crippen LogP contribution in [0.15, 0.2) is 53.5 Å². The van der Waals surface area contributed by atoms with Crippen LogP contribution in [0.3, 0.4) is 0 Å². The summed E-state index contributed by atoms with van der Waals surface area (Å²) in [5.41, 5.74) is 1.02. The van der Waals surface area contributed by atoms with E-state index in [1.807, 2.05) is 31.2 Å². The third-order valence-corrected chi connectivity index (χ3v) is 3.85. The van der Waals surface area contributed by atoms with E-state index in [9.17, 15) is 14.9 Å². The molecule has 0 fully saturated rings. The Hall–Kier alpha value is -3.26. The first-order valence-electron chi connectivity index (χ1n) is 8.15. The van der Waals surface area contributed by atoms with Gasteiger partial charge in [-0.05, 0) is 30.2 Å². The van der Waals surface area contributed by atoms with Crippen LogP contribution in [0.1, 0.15) is 18.1 Å². The molecule has 3 aromatic rings. The predicted octanol–water partition coefficient (Wildman–Crippen LogP) is 2.75. The molecule has 0 unspecified atom stereocenters. The van der Waals surface area contributed by atoms with Crippen molar-refractivity contribution >= 4 is 17.2 Å². The van der Waals surface area contributed by atoms with Gasteiger partial charge < -0.3 is 10.1 Å². The summed E-state index contributed by atoms with van der Waals surface area (Å²) in [5, 5.41) is 14.3. The molecule has 26 heavy (non-hydrogen) atoms. The number of nitrogens with one attached hydrogen (secondary N) is 1. The molecular weight excluding hydrogens is 336 g/mol. The van der Waals surface area contributed by atoms with Crippen molar-refractivity contribution in [2.75, 3.05) is 11.9 Å². The molecule has 0 atom stereocenters. The summed E-state index contributed by atoms with van der Waals surface area (Å²) in [6, 6.07) is 12.6. The standard InChI is InChI=1S/C18H18N4O4/c1-2-26-12-14-8-6-13(7-9-14)11-19-17-16(22(24)25)18(23)21-10-4-3-5-15(21)20-17/h3-10,19H,2,11-12H2,1H3. The Kier molecular flexibility index (Phi) is 5.23. The predicted molar refractivity (Wildman–Crippen MR) is 97.2 cm³/mol. The van der Waals surface area contributed by atoms with Crippen molar-refractivity contribution in [2.45, 2.75) is 20.1 Å². The lowest BCUT2D eigenvalue weighted by Crippen LogP contribution is -2.21. The molecule has 0 spiro atoms. The Morgan fingerprint density at radius 1 is 1.19 bits per heavy atom. The Morgan fingerprint density at radius 3 is 2.62 bits per heavy atom. The summed E-state index contributed by atoms with van der Waals surface area (Å²) in [5.74, 6) is -0.0374. The molecule has 134 valence electrons. The van der Waals surface area contributed by atoms with E-state index in [-0.39, 0.29) is 5.82 Å². The van der Waals surface area contributed by atoms with Crippen molar-refractivity contribution in [3.05, 3.63) is 80.3 Å². The molecule has 0 radical (unpaired) electrons. The number of hydrogen-bond donors (Lipinski definition) is 1. The van der Waals surface area contributed by atoms with Crippen LogP contribution >= 0.6 is 0 Å². The monoisotopic (exact) mass is 354 g/mol. The zero-order valence-corrected chi connectivity index (χ0v) is 14.2. The molecular formula is C18H18N4O4. The lowest BCUT2D eigenvalue weighted by Gasteiger charge is -2.09. The maximum absolute atomic E-state index is 12.4. The maximum Gasteiger partial charge on any atom is 0.376 e. The number of rotatable bonds is 7. The number of nitro groups is 1. The number of benzene rings is 1. The van der Waals surface area contributed by atoms with E-state index in [0.717, 1.165) is 15.5 Å². The van der Waals surface area contributed by atoms with Gasteiger partial charge in [0.1, 0.15) is 5.65 Å². The summed E-state index contributed by atoms with van der Waals surface area (Å²) in [6.45, 7) is 3.43. The molecule has 0 saturated carbocycles. The Labute approximate surface area is 149 Å². The van der Waals surface area contributed by atoms with Crippen LogP contribution in [0.25, 0.3) is 5.65 Å². The molecule has 0 amide bonds. The van der Waals surface area contributed by atoms with Crippen LogP contribution in [0.5, 0.6) is 0 Å². The summed E-state index contributed by atoms with van der Waals surface area (Å²) in [7, 11) is 0. The smallest absolute Gasteiger partial charge is 0.376 e. The molecule has 0 aliphatic heterocycles. The summed E-state index contributed by atoms with van der Waals surface area (Å²) < 4.78 is 6.51. The van der Waals surface area contributed by atoms with E-state index < -0.39 is 16.2 Å². The van der Waals surface area contributed by atoms with Crippen LogP contribution in [0.2, 0.25) is 0 Å². The first-order chi connectivity index (χ1) is 12.6. The minimum Gasteiger partial charge on any atom is -0.377 e. The second-order valence-electron chi connectivity index (χ2n) is 5.61. The highest BCUT2D eigenvalue weighted by atomic mass is 16.6. The van der Waals surface area contributed by atoms with Crippen molar-refractivity contribution in [3.8, 4) is 0 Å². The van der Waals surface area contributed by atoms with Crippen LogP contribution in [0.4, 0.5) is 11.5 Å². The van der Waals surface area contributed by atoms with Gasteiger partial charge in [0.25, 0.3) is 0 Å². The minimum atomic E-state index is -0.713. The molecule has 1 aromatic carbocycles. The molecule has 0 aliphatic rings. The molecule has 1 N–H and O–H groups in total. The third-order valence-electron chi connectivity index (χ3n) is 3.85. The maximum atomic E-state index is 12.4. The van der Waals surface area contributed by atoms with Crippen LogP contribution in [0, 0.1) is 10.1 Å². The van der Waals surface area contributed by atoms with E-state index in [1.54, 1.807) is 18.2 Å². The normalized spacial score (nSPS) is 10.8. The number of aromatic nitrogens is 2. The van der Waals surface area contributed by atoms with Crippen molar-refractivity contribution in [1.29, 1.82) is 0 Å². The lowest BCUT2D eigenvalue weighted by molar-refractivity contribution is -0.385. The molecule has 0 bridgehead atoms. The Morgan fingerprint density at radius 2 is 1.92 bits per heavy atom. The highest BCUT2D eigenvalue weighted by Crippen LogP contribution is 2.19. The number of pyridine rings is 1. The number of ether oxygens (including phenoxy) is 1. The van der Waals surface area contributed by atoms with E-state index in [2.05, 4.69) is 10.3 Å². The molecule has 8 nitrogen and oxygen atoms in total. The average molecular weight is 354 g/mol. The fourth-order valence-electron chi connectivity index (χ4n) is 2.53. The zero-order valence-electron chi connectivity index (χ0n) is 14.2. The first-order valence-corrected chi connectivity index (χ1v) is 8.15.